The van der Waals surface area contributed by atoms with Crippen molar-refractivity contribution in [2.24, 2.45) is 0 Å². The number of aliphatic hydroxyl groups excluding tert-OH is 1. The lowest BCUT2D eigenvalue weighted by Gasteiger charge is -2.29. The second-order valence-corrected chi connectivity index (χ2v) is 6.07. The van der Waals surface area contributed by atoms with Crippen molar-refractivity contribution in [2.75, 3.05) is 19.7 Å². The molecule has 2 aromatic carbocycles. The summed E-state index contributed by atoms with van der Waals surface area (Å²) in [7, 11) is 0. The van der Waals surface area contributed by atoms with E-state index in [1.807, 2.05) is 0 Å². The van der Waals surface area contributed by atoms with Crippen molar-refractivity contribution < 1.29 is 5.11 Å². The third kappa shape index (κ3) is 3.17. The fourth-order valence-electron chi connectivity index (χ4n) is 3.52. The molecule has 0 saturated carbocycles. The molecular formula is C19H23NO. The lowest BCUT2D eigenvalue weighted by molar-refractivity contribution is 0.227. The highest BCUT2D eigenvalue weighted by atomic mass is 16.3. The number of benzene rings is 2. The molecule has 0 aromatic heterocycles. The van der Waals surface area contributed by atoms with Gasteiger partial charge in [-0.2, -0.15) is 0 Å². The molecule has 0 amide bonds. The van der Waals surface area contributed by atoms with E-state index in [0.29, 0.717) is 0 Å². The zero-order valence-corrected chi connectivity index (χ0v) is 12.4. The van der Waals surface area contributed by atoms with Crippen LogP contribution in [0.1, 0.15) is 24.0 Å². The smallest absolute Gasteiger partial charge is 0.0440 e. The largest absolute Gasteiger partial charge is 0.396 e. The predicted octanol–water partition coefficient (Wildman–Crippen LogP) is 3.21. The van der Waals surface area contributed by atoms with E-state index in [1.165, 1.54) is 11.1 Å². The second kappa shape index (κ2) is 6.42. The van der Waals surface area contributed by atoms with Gasteiger partial charge in [-0.25, -0.2) is 0 Å². The molecule has 3 rings (SSSR count). The molecule has 1 fully saturated rings. The Morgan fingerprint density at radius 3 is 2.29 bits per heavy atom. The van der Waals surface area contributed by atoms with Gasteiger partial charge in [0.1, 0.15) is 0 Å². The fourth-order valence-corrected chi connectivity index (χ4v) is 3.52. The molecule has 1 aliphatic rings. The Balaban J connectivity index is 1.76. The molecule has 1 atom stereocenters. The van der Waals surface area contributed by atoms with Crippen LogP contribution in [-0.2, 0) is 12.0 Å². The number of rotatable bonds is 5. The zero-order chi connectivity index (χ0) is 14.5. The number of hydrogen-bond donors (Lipinski definition) is 1. The average Bonchev–Trinajstić information content (AvgIpc) is 2.94. The van der Waals surface area contributed by atoms with Crippen LogP contribution in [0.15, 0.2) is 60.7 Å². The van der Waals surface area contributed by atoms with Gasteiger partial charge in [-0.1, -0.05) is 60.7 Å². The maximum atomic E-state index is 9.51. The molecule has 2 nitrogen and oxygen atoms in total. The van der Waals surface area contributed by atoms with E-state index >= 15 is 0 Å². The SMILES string of the molecule is OCCC1(c2ccccc2)CCN(Cc2ccccc2)C1. The Morgan fingerprint density at radius 1 is 0.952 bits per heavy atom. The topological polar surface area (TPSA) is 23.5 Å². The molecule has 0 spiro atoms. The van der Waals surface area contributed by atoms with Gasteiger partial charge in [0, 0.05) is 25.1 Å². The first-order valence-corrected chi connectivity index (χ1v) is 7.75. The van der Waals surface area contributed by atoms with Gasteiger partial charge in [0.25, 0.3) is 0 Å². The maximum absolute atomic E-state index is 9.51. The summed E-state index contributed by atoms with van der Waals surface area (Å²) in [6.45, 7) is 3.39. The first kappa shape index (κ1) is 14.3. The molecule has 1 unspecified atom stereocenters. The van der Waals surface area contributed by atoms with Crippen molar-refractivity contribution in [3.8, 4) is 0 Å². The van der Waals surface area contributed by atoms with Crippen LogP contribution in [0.5, 0.6) is 0 Å². The average molecular weight is 281 g/mol. The van der Waals surface area contributed by atoms with Crippen LogP contribution in [0.25, 0.3) is 0 Å². The van der Waals surface area contributed by atoms with E-state index in [0.717, 1.165) is 32.5 Å². The van der Waals surface area contributed by atoms with Gasteiger partial charge in [0.05, 0.1) is 0 Å². The number of likely N-dealkylation sites (tertiary alicyclic amines) is 1. The third-order valence-electron chi connectivity index (χ3n) is 4.66. The molecule has 1 saturated heterocycles. The van der Waals surface area contributed by atoms with Crippen LogP contribution in [0.4, 0.5) is 0 Å². The van der Waals surface area contributed by atoms with Crippen molar-refractivity contribution in [3.05, 3.63) is 71.8 Å². The molecule has 2 aromatic rings. The molecule has 0 radical (unpaired) electrons. The molecule has 2 heteroatoms. The molecule has 1 heterocycles. The van der Waals surface area contributed by atoms with Crippen molar-refractivity contribution in [1.29, 1.82) is 0 Å². The summed E-state index contributed by atoms with van der Waals surface area (Å²) in [4.78, 5) is 2.51. The van der Waals surface area contributed by atoms with E-state index < -0.39 is 0 Å². The minimum absolute atomic E-state index is 0.116. The van der Waals surface area contributed by atoms with Gasteiger partial charge in [0.15, 0.2) is 0 Å². The highest BCUT2D eigenvalue weighted by Gasteiger charge is 2.38. The molecule has 21 heavy (non-hydrogen) atoms. The normalized spacial score (nSPS) is 22.5. The Morgan fingerprint density at radius 2 is 1.62 bits per heavy atom. The van der Waals surface area contributed by atoms with Gasteiger partial charge in [-0.05, 0) is 30.5 Å². The Hall–Kier alpha value is -1.64. The van der Waals surface area contributed by atoms with Crippen LogP contribution >= 0.6 is 0 Å². The number of hydrogen-bond acceptors (Lipinski definition) is 2. The van der Waals surface area contributed by atoms with Gasteiger partial charge < -0.3 is 5.11 Å². The lowest BCUT2D eigenvalue weighted by atomic mass is 9.77. The zero-order valence-electron chi connectivity index (χ0n) is 12.4. The van der Waals surface area contributed by atoms with E-state index in [4.69, 9.17) is 0 Å². The van der Waals surface area contributed by atoms with Crippen LogP contribution < -0.4 is 0 Å². The van der Waals surface area contributed by atoms with Crippen LogP contribution in [0.2, 0.25) is 0 Å². The summed E-state index contributed by atoms with van der Waals surface area (Å²) < 4.78 is 0. The summed E-state index contributed by atoms with van der Waals surface area (Å²) in [5, 5.41) is 9.51. The monoisotopic (exact) mass is 281 g/mol. The summed E-state index contributed by atoms with van der Waals surface area (Å²) >= 11 is 0. The van der Waals surface area contributed by atoms with Gasteiger partial charge in [0.2, 0.25) is 0 Å². The first-order chi connectivity index (χ1) is 10.3. The van der Waals surface area contributed by atoms with Crippen molar-refractivity contribution in [2.45, 2.75) is 24.8 Å². The van der Waals surface area contributed by atoms with Crippen LogP contribution in [-0.4, -0.2) is 29.7 Å². The Kier molecular flexibility index (Phi) is 4.37. The summed E-state index contributed by atoms with van der Waals surface area (Å²) in [5.41, 5.74) is 2.85. The van der Waals surface area contributed by atoms with Gasteiger partial charge >= 0.3 is 0 Å². The highest BCUT2D eigenvalue weighted by molar-refractivity contribution is 5.28. The molecule has 0 bridgehead atoms. The van der Waals surface area contributed by atoms with E-state index in [9.17, 15) is 5.11 Å². The Labute approximate surface area is 127 Å². The second-order valence-electron chi connectivity index (χ2n) is 6.07. The van der Waals surface area contributed by atoms with E-state index in [2.05, 4.69) is 65.6 Å². The molecule has 1 N–H and O–H groups in total. The van der Waals surface area contributed by atoms with E-state index in [1.54, 1.807) is 0 Å². The van der Waals surface area contributed by atoms with Crippen LogP contribution in [0.3, 0.4) is 0 Å². The molecular weight excluding hydrogens is 258 g/mol. The molecule has 0 aliphatic carbocycles. The van der Waals surface area contributed by atoms with Crippen molar-refractivity contribution in [1.82, 2.24) is 4.90 Å². The first-order valence-electron chi connectivity index (χ1n) is 7.75. The summed E-state index contributed by atoms with van der Waals surface area (Å²) in [5.74, 6) is 0. The van der Waals surface area contributed by atoms with Gasteiger partial charge in [-0.15, -0.1) is 0 Å². The summed E-state index contributed by atoms with van der Waals surface area (Å²) in [6, 6.07) is 21.3. The predicted molar refractivity (Wildman–Crippen MR) is 86.2 cm³/mol. The minimum atomic E-state index is 0.116. The molecule has 110 valence electrons. The summed E-state index contributed by atoms with van der Waals surface area (Å²) in [6.07, 6.45) is 1.98. The third-order valence-corrected chi connectivity index (χ3v) is 4.66. The molecule has 1 aliphatic heterocycles. The highest BCUT2D eigenvalue weighted by Crippen LogP contribution is 2.38. The number of aliphatic hydroxyl groups is 1. The Bertz CT molecular complexity index is 554. The quantitative estimate of drug-likeness (QED) is 0.909. The lowest BCUT2D eigenvalue weighted by Crippen LogP contribution is -2.32. The maximum Gasteiger partial charge on any atom is 0.0440 e. The fraction of sp³-hybridized carbons (Fsp3) is 0.368. The van der Waals surface area contributed by atoms with Crippen LogP contribution in [0, 0.1) is 0 Å². The van der Waals surface area contributed by atoms with Crippen molar-refractivity contribution >= 4 is 0 Å². The van der Waals surface area contributed by atoms with E-state index in [-0.39, 0.29) is 12.0 Å². The standard InChI is InChI=1S/C19H23NO/c21-14-12-19(18-9-5-2-6-10-18)11-13-20(16-19)15-17-7-3-1-4-8-17/h1-10,21H,11-16H2. The van der Waals surface area contributed by atoms with Crippen molar-refractivity contribution in [3.63, 3.8) is 0 Å². The number of nitrogens with zero attached hydrogens (tertiary/aromatic N) is 1. The minimum Gasteiger partial charge on any atom is -0.396 e. The van der Waals surface area contributed by atoms with Gasteiger partial charge in [-0.3, -0.25) is 4.90 Å².